The largest absolute Gasteiger partial charge is 0.351 e. The monoisotopic (exact) mass is 320 g/mol. The Bertz CT molecular complexity index is 483. The Hall–Kier alpha value is -1.36. The van der Waals surface area contributed by atoms with Crippen LogP contribution >= 0.6 is 0 Å². The van der Waals surface area contributed by atoms with Crippen LogP contribution in [0.5, 0.6) is 0 Å². The number of hydrogen-bond acceptors (Lipinski definition) is 3. The second-order valence-corrected chi connectivity index (χ2v) is 7.39. The van der Waals surface area contributed by atoms with Crippen LogP contribution in [0.3, 0.4) is 0 Å². The molecule has 1 amide bonds. The van der Waals surface area contributed by atoms with Crippen molar-refractivity contribution in [3.8, 4) is 0 Å². The summed E-state index contributed by atoms with van der Waals surface area (Å²) in [4.78, 5) is 14.6. The molecule has 1 atom stereocenters. The van der Waals surface area contributed by atoms with Gasteiger partial charge in [-0.05, 0) is 63.1 Å². The zero-order valence-corrected chi connectivity index (χ0v) is 14.9. The predicted molar refractivity (Wildman–Crippen MR) is 93.5 cm³/mol. The van der Waals surface area contributed by atoms with Crippen LogP contribution in [0.2, 0.25) is 0 Å². The molecule has 2 heterocycles. The van der Waals surface area contributed by atoms with Gasteiger partial charge >= 0.3 is 0 Å². The van der Waals surface area contributed by atoms with E-state index in [1.165, 1.54) is 25.9 Å². The number of amides is 1. The third kappa shape index (κ3) is 6.34. The molecule has 0 spiro atoms. The number of likely N-dealkylation sites (tertiary alicyclic amines) is 1. The first-order valence-corrected chi connectivity index (χ1v) is 9.09. The van der Waals surface area contributed by atoms with Gasteiger partial charge in [-0.15, -0.1) is 0 Å². The number of hydrogen-bond donors (Lipinski definition) is 2. The smallest absolute Gasteiger partial charge is 0.271 e. The minimum Gasteiger partial charge on any atom is -0.351 e. The van der Waals surface area contributed by atoms with Gasteiger partial charge in [0, 0.05) is 18.8 Å². The van der Waals surface area contributed by atoms with Crippen molar-refractivity contribution < 1.29 is 4.79 Å². The quantitative estimate of drug-likeness (QED) is 0.724. The molecule has 2 N–H and O–H groups in total. The van der Waals surface area contributed by atoms with Crippen molar-refractivity contribution in [1.82, 2.24) is 20.4 Å². The van der Waals surface area contributed by atoms with Crippen molar-refractivity contribution >= 4 is 5.91 Å². The lowest BCUT2D eigenvalue weighted by atomic mass is 10.0. The van der Waals surface area contributed by atoms with Crippen molar-refractivity contribution in [2.75, 3.05) is 26.2 Å². The number of carbonyl (C=O) groups excluding carboxylic acids is 1. The second kappa shape index (κ2) is 9.06. The second-order valence-electron chi connectivity index (χ2n) is 7.39. The molecule has 0 radical (unpaired) electrons. The molecule has 2 rings (SSSR count). The van der Waals surface area contributed by atoms with Crippen LogP contribution in [-0.2, 0) is 6.42 Å². The van der Waals surface area contributed by atoms with Gasteiger partial charge in [0.05, 0.1) is 0 Å². The van der Waals surface area contributed by atoms with Crippen molar-refractivity contribution in [2.45, 2.75) is 52.9 Å². The maximum absolute atomic E-state index is 12.0. The molecule has 0 saturated carbocycles. The van der Waals surface area contributed by atoms with Gasteiger partial charge in [-0.2, -0.15) is 5.10 Å². The predicted octanol–water partition coefficient (Wildman–Crippen LogP) is 2.85. The first-order valence-electron chi connectivity index (χ1n) is 9.09. The fourth-order valence-electron chi connectivity index (χ4n) is 3.27. The lowest BCUT2D eigenvalue weighted by Gasteiger charge is -2.30. The Balaban J connectivity index is 1.60. The zero-order chi connectivity index (χ0) is 16.7. The standard InChI is InChI=1S/C18H32N4O/c1-14(2)11-16-12-17(21-20-16)18(23)19-8-4-5-9-22-10-6-7-15(3)13-22/h12,14-15H,4-11,13H2,1-3H3,(H,19,23)(H,20,21). The summed E-state index contributed by atoms with van der Waals surface area (Å²) in [5, 5.41) is 10.0. The number of piperidine rings is 1. The van der Waals surface area contributed by atoms with Crippen LogP contribution < -0.4 is 5.32 Å². The van der Waals surface area contributed by atoms with Gasteiger partial charge < -0.3 is 10.2 Å². The van der Waals surface area contributed by atoms with Gasteiger partial charge in [-0.3, -0.25) is 9.89 Å². The highest BCUT2D eigenvalue weighted by molar-refractivity contribution is 5.92. The molecule has 5 heteroatoms. The maximum Gasteiger partial charge on any atom is 0.271 e. The number of H-pyrrole nitrogens is 1. The Morgan fingerprint density at radius 3 is 3.04 bits per heavy atom. The van der Waals surface area contributed by atoms with Crippen molar-refractivity contribution in [2.24, 2.45) is 11.8 Å². The molecule has 23 heavy (non-hydrogen) atoms. The lowest BCUT2D eigenvalue weighted by Crippen LogP contribution is -2.35. The van der Waals surface area contributed by atoms with Gasteiger partial charge in [-0.25, -0.2) is 0 Å². The third-order valence-electron chi connectivity index (χ3n) is 4.42. The van der Waals surface area contributed by atoms with E-state index < -0.39 is 0 Å². The summed E-state index contributed by atoms with van der Waals surface area (Å²) >= 11 is 0. The number of aromatic amines is 1. The molecule has 1 unspecified atom stereocenters. The van der Waals surface area contributed by atoms with Gasteiger partial charge in [-0.1, -0.05) is 20.8 Å². The molecule has 1 aliphatic rings. The van der Waals surface area contributed by atoms with Crippen molar-refractivity contribution in [1.29, 1.82) is 0 Å². The molecule has 1 aromatic heterocycles. The first kappa shape index (κ1) is 18.0. The van der Waals surface area contributed by atoms with Crippen LogP contribution in [0.15, 0.2) is 6.07 Å². The van der Waals surface area contributed by atoms with Gasteiger partial charge in [0.2, 0.25) is 0 Å². The molecule has 0 bridgehead atoms. The SMILES string of the molecule is CC(C)Cc1cc(C(=O)NCCCCN2CCCC(C)C2)n[nH]1. The summed E-state index contributed by atoms with van der Waals surface area (Å²) in [7, 11) is 0. The van der Waals surface area contributed by atoms with E-state index in [9.17, 15) is 4.79 Å². The average molecular weight is 320 g/mol. The van der Waals surface area contributed by atoms with Crippen LogP contribution in [0.25, 0.3) is 0 Å². The number of nitrogens with zero attached hydrogens (tertiary/aromatic N) is 2. The van der Waals surface area contributed by atoms with E-state index >= 15 is 0 Å². The Labute approximate surface area is 140 Å². The highest BCUT2D eigenvalue weighted by Gasteiger charge is 2.15. The average Bonchev–Trinajstić information content (AvgIpc) is 2.94. The molecule has 1 aliphatic heterocycles. The summed E-state index contributed by atoms with van der Waals surface area (Å²) in [6.07, 6.45) is 5.80. The topological polar surface area (TPSA) is 61.0 Å². The third-order valence-corrected chi connectivity index (χ3v) is 4.42. The van der Waals surface area contributed by atoms with E-state index in [0.717, 1.165) is 44.0 Å². The molecular formula is C18H32N4O. The number of rotatable bonds is 8. The molecule has 5 nitrogen and oxygen atoms in total. The van der Waals surface area contributed by atoms with Crippen molar-refractivity contribution in [3.63, 3.8) is 0 Å². The normalized spacial score (nSPS) is 19.2. The molecule has 130 valence electrons. The Morgan fingerprint density at radius 1 is 1.48 bits per heavy atom. The highest BCUT2D eigenvalue weighted by atomic mass is 16.1. The first-order chi connectivity index (χ1) is 11.0. The van der Waals surface area contributed by atoms with Crippen LogP contribution in [0, 0.1) is 11.8 Å². The summed E-state index contributed by atoms with van der Waals surface area (Å²) in [6.45, 7) is 11.0. The minimum absolute atomic E-state index is 0.0668. The van der Waals surface area contributed by atoms with Crippen molar-refractivity contribution in [3.05, 3.63) is 17.5 Å². The van der Waals surface area contributed by atoms with E-state index in [4.69, 9.17) is 0 Å². The molecule has 0 aliphatic carbocycles. The number of aromatic nitrogens is 2. The minimum atomic E-state index is -0.0668. The van der Waals surface area contributed by atoms with E-state index in [1.54, 1.807) is 0 Å². The summed E-state index contributed by atoms with van der Waals surface area (Å²) < 4.78 is 0. The Morgan fingerprint density at radius 2 is 2.30 bits per heavy atom. The molecule has 1 aromatic rings. The lowest BCUT2D eigenvalue weighted by molar-refractivity contribution is 0.0947. The van der Waals surface area contributed by atoms with Gasteiger partial charge in [0.15, 0.2) is 0 Å². The van der Waals surface area contributed by atoms with Gasteiger partial charge in [0.1, 0.15) is 5.69 Å². The fourth-order valence-corrected chi connectivity index (χ4v) is 3.27. The number of carbonyl (C=O) groups is 1. The van der Waals surface area contributed by atoms with Crippen LogP contribution in [-0.4, -0.2) is 47.2 Å². The molecule has 1 saturated heterocycles. The maximum atomic E-state index is 12.0. The molecule has 1 fully saturated rings. The van der Waals surface area contributed by atoms with Gasteiger partial charge in [0.25, 0.3) is 5.91 Å². The highest BCUT2D eigenvalue weighted by Crippen LogP contribution is 2.15. The fraction of sp³-hybridized carbons (Fsp3) is 0.778. The van der Waals surface area contributed by atoms with E-state index in [2.05, 4.69) is 41.2 Å². The summed E-state index contributed by atoms with van der Waals surface area (Å²) in [5.74, 6) is 1.33. The number of nitrogens with one attached hydrogen (secondary N) is 2. The molecule has 0 aromatic carbocycles. The summed E-state index contributed by atoms with van der Waals surface area (Å²) in [6, 6.07) is 1.87. The molecular weight excluding hydrogens is 288 g/mol. The number of unbranched alkanes of at least 4 members (excludes halogenated alkanes) is 1. The Kier molecular flexibility index (Phi) is 7.09. The van der Waals surface area contributed by atoms with Crippen LogP contribution in [0.1, 0.15) is 62.6 Å². The van der Waals surface area contributed by atoms with Crippen LogP contribution in [0.4, 0.5) is 0 Å². The van der Waals surface area contributed by atoms with E-state index in [-0.39, 0.29) is 5.91 Å². The van der Waals surface area contributed by atoms with E-state index in [1.807, 2.05) is 6.07 Å². The van der Waals surface area contributed by atoms with E-state index in [0.29, 0.717) is 11.6 Å². The summed E-state index contributed by atoms with van der Waals surface area (Å²) in [5.41, 5.74) is 1.54. The zero-order valence-electron chi connectivity index (χ0n) is 14.9.